The first kappa shape index (κ1) is 8.19. The van der Waals surface area contributed by atoms with Gasteiger partial charge in [0.05, 0.1) is 0 Å². The summed E-state index contributed by atoms with van der Waals surface area (Å²) in [5, 5.41) is 8.78. The zero-order valence-corrected chi connectivity index (χ0v) is 5.34. The van der Waals surface area contributed by atoms with Crippen LogP contribution in [0.4, 0.5) is 4.79 Å². The number of nitrogens with two attached hydrogens (primary N) is 1. The Morgan fingerprint density at radius 1 is 1.78 bits per heavy atom. The van der Waals surface area contributed by atoms with Crippen molar-refractivity contribution in [2.24, 2.45) is 5.84 Å². The maximum absolute atomic E-state index is 10.2. The Bertz CT molecular complexity index is 107. The van der Waals surface area contributed by atoms with Crippen molar-refractivity contribution in [2.45, 2.75) is 19.6 Å². The van der Waals surface area contributed by atoms with Crippen LogP contribution in [0.3, 0.4) is 0 Å². The van der Waals surface area contributed by atoms with E-state index in [-0.39, 0.29) is 0 Å². The molecule has 0 aromatic carbocycles. The molecular formula is C4H10N2O3. The maximum Gasteiger partial charge on any atom is 0.423 e. The summed E-state index contributed by atoms with van der Waals surface area (Å²) < 4.78 is 4.27. The van der Waals surface area contributed by atoms with Gasteiger partial charge in [-0.1, -0.05) is 0 Å². The number of rotatable bonds is 1. The Balaban J connectivity index is 3.60. The van der Waals surface area contributed by atoms with E-state index in [1.807, 2.05) is 0 Å². The molecule has 0 bridgehead atoms. The summed E-state index contributed by atoms with van der Waals surface area (Å²) in [5.74, 6) is 3.17. The number of aliphatic hydroxyl groups is 1. The van der Waals surface area contributed by atoms with Crippen LogP contribution in [0, 0.1) is 0 Å². The van der Waals surface area contributed by atoms with E-state index < -0.39 is 11.9 Å². The van der Waals surface area contributed by atoms with Gasteiger partial charge in [0.25, 0.3) is 0 Å². The number of carbonyl (C=O) groups excluding carboxylic acids is 1. The van der Waals surface area contributed by atoms with E-state index in [0.717, 1.165) is 0 Å². The van der Waals surface area contributed by atoms with Crippen molar-refractivity contribution in [3.63, 3.8) is 0 Å². The molecule has 0 rings (SSSR count). The second-order valence-corrected chi connectivity index (χ2v) is 1.98. The van der Waals surface area contributed by atoms with Gasteiger partial charge in [-0.15, -0.1) is 0 Å². The fourth-order valence-corrected chi connectivity index (χ4v) is 0.256. The van der Waals surface area contributed by atoms with Crippen molar-refractivity contribution < 1.29 is 14.6 Å². The van der Waals surface area contributed by atoms with Gasteiger partial charge in [-0.3, -0.25) is 5.43 Å². The summed E-state index contributed by atoms with van der Waals surface area (Å²) in [6.45, 7) is 2.64. The van der Waals surface area contributed by atoms with Gasteiger partial charge in [-0.25, -0.2) is 10.6 Å². The Morgan fingerprint density at radius 3 is 2.33 bits per heavy atom. The number of ether oxygens (including phenoxy) is 1. The molecule has 0 aromatic rings. The molecule has 0 saturated heterocycles. The minimum Gasteiger partial charge on any atom is -0.417 e. The highest BCUT2D eigenvalue weighted by Gasteiger charge is 2.16. The summed E-state index contributed by atoms with van der Waals surface area (Å²) >= 11 is 0. The van der Waals surface area contributed by atoms with Gasteiger partial charge in [-0.2, -0.15) is 0 Å². The summed E-state index contributed by atoms with van der Waals surface area (Å²) in [5.41, 5.74) is 1.70. The third kappa shape index (κ3) is 5.05. The molecule has 0 aliphatic heterocycles. The van der Waals surface area contributed by atoms with Gasteiger partial charge in [0, 0.05) is 13.8 Å². The van der Waals surface area contributed by atoms with Crippen molar-refractivity contribution in [3.8, 4) is 0 Å². The monoisotopic (exact) mass is 134 g/mol. The van der Waals surface area contributed by atoms with Crippen molar-refractivity contribution in [1.82, 2.24) is 5.43 Å². The van der Waals surface area contributed by atoms with Crippen LogP contribution in [-0.4, -0.2) is 17.0 Å². The highest BCUT2D eigenvalue weighted by molar-refractivity contribution is 5.66. The molecule has 0 unspecified atom stereocenters. The molecule has 0 spiro atoms. The Hall–Kier alpha value is -0.810. The molecule has 9 heavy (non-hydrogen) atoms. The average molecular weight is 134 g/mol. The van der Waals surface area contributed by atoms with Crippen LogP contribution in [0.25, 0.3) is 0 Å². The third-order valence-corrected chi connectivity index (χ3v) is 0.460. The van der Waals surface area contributed by atoms with Gasteiger partial charge in [0.2, 0.25) is 5.79 Å². The average Bonchev–Trinajstić information content (AvgIpc) is 1.62. The lowest BCUT2D eigenvalue weighted by Crippen LogP contribution is -2.37. The Kier molecular flexibility index (Phi) is 2.41. The quantitative estimate of drug-likeness (QED) is 0.192. The summed E-state index contributed by atoms with van der Waals surface area (Å²) in [7, 11) is 0. The van der Waals surface area contributed by atoms with Gasteiger partial charge in [0.1, 0.15) is 0 Å². The molecule has 0 aromatic heterocycles. The normalized spacial score (nSPS) is 10.7. The van der Waals surface area contributed by atoms with E-state index in [4.69, 9.17) is 5.11 Å². The molecular weight excluding hydrogens is 124 g/mol. The number of carbonyl (C=O) groups is 1. The SMILES string of the molecule is CC(C)(O)OC(=O)NN. The first-order chi connectivity index (χ1) is 3.95. The lowest BCUT2D eigenvalue weighted by molar-refractivity contribution is -0.131. The van der Waals surface area contributed by atoms with Crippen LogP contribution in [0.5, 0.6) is 0 Å². The summed E-state index contributed by atoms with van der Waals surface area (Å²) in [6.07, 6.45) is -0.859. The minimum atomic E-state index is -1.47. The maximum atomic E-state index is 10.2. The summed E-state index contributed by atoms with van der Waals surface area (Å²) in [6, 6.07) is 0. The van der Waals surface area contributed by atoms with Gasteiger partial charge >= 0.3 is 6.09 Å². The highest BCUT2D eigenvalue weighted by Crippen LogP contribution is 2.01. The van der Waals surface area contributed by atoms with Gasteiger partial charge in [0.15, 0.2) is 0 Å². The fourth-order valence-electron chi connectivity index (χ4n) is 0.256. The summed E-state index contributed by atoms with van der Waals surface area (Å²) in [4.78, 5) is 10.2. The van der Waals surface area contributed by atoms with Crippen molar-refractivity contribution in [3.05, 3.63) is 0 Å². The Morgan fingerprint density at radius 2 is 2.22 bits per heavy atom. The number of amides is 1. The van der Waals surface area contributed by atoms with Crippen LogP contribution in [0.2, 0.25) is 0 Å². The molecule has 4 N–H and O–H groups in total. The van der Waals surface area contributed by atoms with Gasteiger partial charge in [-0.05, 0) is 0 Å². The minimum absolute atomic E-state index is 0.859. The van der Waals surface area contributed by atoms with Crippen LogP contribution >= 0.6 is 0 Å². The van der Waals surface area contributed by atoms with Crippen molar-refractivity contribution >= 4 is 6.09 Å². The second kappa shape index (κ2) is 2.65. The fraction of sp³-hybridized carbons (Fsp3) is 0.750. The first-order valence-corrected chi connectivity index (χ1v) is 2.37. The first-order valence-electron chi connectivity index (χ1n) is 2.37. The lowest BCUT2D eigenvalue weighted by atomic mass is 10.4. The standard InChI is InChI=1S/C4H10N2O3/c1-4(2,8)9-3(7)6-5/h8H,5H2,1-2H3,(H,6,7). The molecule has 0 atom stereocenters. The van der Waals surface area contributed by atoms with Gasteiger partial charge < -0.3 is 9.84 Å². The van der Waals surface area contributed by atoms with E-state index in [9.17, 15) is 4.79 Å². The van der Waals surface area contributed by atoms with Crippen molar-refractivity contribution in [1.29, 1.82) is 0 Å². The van der Waals surface area contributed by atoms with Crippen LogP contribution in [0.15, 0.2) is 0 Å². The number of hydrogen-bond acceptors (Lipinski definition) is 4. The van der Waals surface area contributed by atoms with E-state index in [2.05, 4.69) is 10.6 Å². The smallest absolute Gasteiger partial charge is 0.417 e. The molecule has 0 radical (unpaired) electrons. The number of nitrogens with one attached hydrogen (secondary N) is 1. The zero-order chi connectivity index (χ0) is 7.49. The molecule has 5 nitrogen and oxygen atoms in total. The molecule has 54 valence electrons. The molecule has 0 saturated carbocycles. The zero-order valence-electron chi connectivity index (χ0n) is 5.34. The van der Waals surface area contributed by atoms with Crippen LogP contribution in [-0.2, 0) is 4.74 Å². The second-order valence-electron chi connectivity index (χ2n) is 1.98. The van der Waals surface area contributed by atoms with E-state index in [1.54, 1.807) is 5.43 Å². The molecule has 0 aliphatic rings. The number of hydrazine groups is 1. The topological polar surface area (TPSA) is 84.6 Å². The Labute approximate surface area is 52.8 Å². The number of hydrogen-bond donors (Lipinski definition) is 3. The molecule has 0 fully saturated rings. The molecule has 0 heterocycles. The lowest BCUT2D eigenvalue weighted by Gasteiger charge is -2.16. The predicted octanol–water partition coefficient (Wildman–Crippen LogP) is -0.685. The van der Waals surface area contributed by atoms with Crippen LogP contribution in [0.1, 0.15) is 13.8 Å². The van der Waals surface area contributed by atoms with E-state index in [1.165, 1.54) is 13.8 Å². The van der Waals surface area contributed by atoms with Crippen molar-refractivity contribution in [2.75, 3.05) is 0 Å². The molecule has 5 heteroatoms. The highest BCUT2D eigenvalue weighted by atomic mass is 16.7. The molecule has 0 aliphatic carbocycles. The van der Waals surface area contributed by atoms with Crippen LogP contribution < -0.4 is 11.3 Å². The largest absolute Gasteiger partial charge is 0.423 e. The van der Waals surface area contributed by atoms with E-state index >= 15 is 0 Å². The molecule has 1 amide bonds. The van der Waals surface area contributed by atoms with E-state index in [0.29, 0.717) is 0 Å². The third-order valence-electron chi connectivity index (χ3n) is 0.460. The predicted molar refractivity (Wildman–Crippen MR) is 30.1 cm³/mol.